The minimum absolute atomic E-state index is 0.227. The summed E-state index contributed by atoms with van der Waals surface area (Å²) in [6.45, 7) is 7.84. The van der Waals surface area contributed by atoms with Gasteiger partial charge in [-0.15, -0.1) is 0 Å². The van der Waals surface area contributed by atoms with Crippen molar-refractivity contribution in [2.75, 3.05) is 0 Å². The van der Waals surface area contributed by atoms with Crippen LogP contribution < -0.4 is 0 Å². The first-order valence-corrected chi connectivity index (χ1v) is 3.68. The van der Waals surface area contributed by atoms with E-state index in [-0.39, 0.29) is 5.92 Å². The Balaban J connectivity index is 3.38. The molecule has 0 fully saturated rings. The van der Waals surface area contributed by atoms with E-state index in [0.717, 1.165) is 6.42 Å². The average molecular weight is 131 g/mol. The van der Waals surface area contributed by atoms with E-state index < -0.39 is 6.17 Å². The lowest BCUT2D eigenvalue weighted by molar-refractivity contribution is 0.235. The Hall–Kier alpha value is -0.0700. The molecule has 0 saturated heterocycles. The zero-order valence-electron chi connectivity index (χ0n) is 6.82. The molecule has 56 valence electrons. The van der Waals surface area contributed by atoms with E-state index in [9.17, 15) is 4.39 Å². The van der Waals surface area contributed by atoms with Gasteiger partial charge in [0, 0.05) is 0 Å². The summed E-state index contributed by atoms with van der Waals surface area (Å²) in [6.07, 6.45) is 0.352. The molecule has 0 spiro atoms. The van der Waals surface area contributed by atoms with Crippen LogP contribution in [-0.4, -0.2) is 6.17 Å². The molecule has 0 saturated carbocycles. The first kappa shape index (κ1) is 8.93. The lowest BCUT2D eigenvalue weighted by atomic mass is 9.95. The largest absolute Gasteiger partial charge is 0.248 e. The Bertz CT molecular complexity index is 67.0. The number of hydrogen-bond donors (Lipinski definition) is 0. The van der Waals surface area contributed by atoms with Gasteiger partial charge in [-0.25, -0.2) is 4.39 Å². The fraction of sp³-hybridized carbons (Fsp3) is 1.00. The second kappa shape index (κ2) is 3.86. The fourth-order valence-corrected chi connectivity index (χ4v) is 0.931. The van der Waals surface area contributed by atoms with Crippen molar-refractivity contribution in [3.63, 3.8) is 0 Å². The van der Waals surface area contributed by atoms with Crippen LogP contribution in [0, 0.1) is 11.8 Å². The quantitative estimate of drug-likeness (QED) is 0.552. The topological polar surface area (TPSA) is 0 Å². The lowest BCUT2D eigenvalue weighted by Crippen LogP contribution is -2.10. The van der Waals surface area contributed by atoms with Crippen LogP contribution in [0.4, 0.5) is 4.39 Å². The van der Waals surface area contributed by atoms with Gasteiger partial charge in [-0.3, -0.25) is 0 Å². The zero-order chi connectivity index (χ0) is 7.44. The molecule has 2 atom stereocenters. The highest BCUT2D eigenvalue weighted by molar-refractivity contribution is 4.60. The summed E-state index contributed by atoms with van der Waals surface area (Å²) in [4.78, 5) is 0. The molecule has 0 nitrogen and oxygen atoms in total. The van der Waals surface area contributed by atoms with Crippen LogP contribution in [0.25, 0.3) is 0 Å². The monoisotopic (exact) mass is 131 g/mol. The Kier molecular flexibility index (Phi) is 3.83. The second-order valence-corrected chi connectivity index (χ2v) is 3.28. The van der Waals surface area contributed by atoms with Crippen LogP contribution >= 0.6 is 0 Å². The molecule has 9 heavy (non-hydrogen) atoms. The molecule has 0 aromatic rings. The van der Waals surface area contributed by atoms with Gasteiger partial charge >= 0.3 is 0 Å². The van der Waals surface area contributed by atoms with Crippen molar-refractivity contribution in [3.05, 3.63) is 0 Å². The van der Waals surface area contributed by atoms with Gasteiger partial charge in [-0.2, -0.15) is 0 Å². The van der Waals surface area contributed by atoms with Crippen LogP contribution in [-0.2, 0) is 0 Å². The summed E-state index contributed by atoms with van der Waals surface area (Å²) in [7, 11) is 0. The molecule has 1 heteroatoms. The van der Waals surface area contributed by atoms with E-state index in [0.29, 0.717) is 5.92 Å². The molecule has 0 aliphatic rings. The number of alkyl halides is 1. The second-order valence-electron chi connectivity index (χ2n) is 3.28. The van der Waals surface area contributed by atoms with E-state index in [4.69, 9.17) is 0 Å². The third-order valence-electron chi connectivity index (χ3n) is 1.63. The van der Waals surface area contributed by atoms with Crippen molar-refractivity contribution < 1.29 is 4.39 Å². The van der Waals surface area contributed by atoms with Gasteiger partial charge in [-0.05, 0) is 25.2 Å². The van der Waals surface area contributed by atoms with Gasteiger partial charge in [0.2, 0.25) is 0 Å². The predicted molar refractivity (Wildman–Crippen MR) is 39.2 cm³/mol. The van der Waals surface area contributed by atoms with Crippen molar-refractivity contribution in [2.45, 2.75) is 40.3 Å². The van der Waals surface area contributed by atoms with Crippen molar-refractivity contribution in [1.82, 2.24) is 0 Å². The van der Waals surface area contributed by atoms with Gasteiger partial charge in [0.1, 0.15) is 0 Å². The van der Waals surface area contributed by atoms with E-state index in [1.165, 1.54) is 0 Å². The van der Waals surface area contributed by atoms with Gasteiger partial charge < -0.3 is 0 Å². The Morgan fingerprint density at radius 2 is 1.56 bits per heavy atom. The molecule has 0 aliphatic carbocycles. The van der Waals surface area contributed by atoms with Gasteiger partial charge in [-0.1, -0.05) is 20.8 Å². The molecule has 0 aliphatic heterocycles. The minimum atomic E-state index is -0.646. The smallest absolute Gasteiger partial charge is 0.0999 e. The first-order valence-electron chi connectivity index (χ1n) is 3.68. The molecule has 0 heterocycles. The first-order chi connectivity index (χ1) is 4.04. The molecule has 0 radical (unpaired) electrons. The summed E-state index contributed by atoms with van der Waals surface area (Å²) in [5.74, 6) is 0.850. The summed E-state index contributed by atoms with van der Waals surface area (Å²) < 4.78 is 12.5. The number of halogens is 1. The summed E-state index contributed by atoms with van der Waals surface area (Å²) in [6, 6.07) is 0. The van der Waals surface area contributed by atoms with Crippen LogP contribution in [0.3, 0.4) is 0 Å². The predicted octanol–water partition coefficient (Wildman–Crippen LogP) is 3.03. The highest BCUT2D eigenvalue weighted by Crippen LogP contribution is 2.16. The maximum Gasteiger partial charge on any atom is 0.0999 e. The van der Waals surface area contributed by atoms with Crippen LogP contribution in [0.5, 0.6) is 0 Å². The summed E-state index contributed by atoms with van der Waals surface area (Å²) in [5, 5.41) is 0. The van der Waals surface area contributed by atoms with E-state index >= 15 is 0 Å². The minimum Gasteiger partial charge on any atom is -0.248 e. The number of hydrogen-bond acceptors (Lipinski definition) is 0. The van der Waals surface area contributed by atoms with Gasteiger partial charge in [0.05, 0.1) is 6.17 Å². The molecule has 0 aromatic carbocycles. The molecule has 0 unspecified atom stereocenters. The standard InChI is InChI=1S/C8H17F/c1-6(2)5-7(3)8(4)9/h6-8H,5H2,1-4H3/t7-,8-/m1/s1/i9-1. The lowest BCUT2D eigenvalue weighted by Gasteiger charge is -2.14. The van der Waals surface area contributed by atoms with Crippen molar-refractivity contribution in [1.29, 1.82) is 0 Å². The number of rotatable bonds is 3. The molecule has 0 amide bonds. The molecule has 0 bridgehead atoms. The van der Waals surface area contributed by atoms with Gasteiger partial charge in [0.15, 0.2) is 0 Å². The zero-order valence-corrected chi connectivity index (χ0v) is 6.82. The van der Waals surface area contributed by atoms with E-state index in [1.54, 1.807) is 6.92 Å². The third kappa shape index (κ3) is 4.43. The average Bonchev–Trinajstić information content (AvgIpc) is 1.63. The summed E-state index contributed by atoms with van der Waals surface area (Å²) in [5.41, 5.74) is 0. The Morgan fingerprint density at radius 3 is 1.67 bits per heavy atom. The highest BCUT2D eigenvalue weighted by Gasteiger charge is 2.11. The SMILES string of the molecule is CC(C)C[C@@H](C)[C@@H](C)[18F]. The van der Waals surface area contributed by atoms with Crippen LogP contribution in [0.1, 0.15) is 34.1 Å². The fourth-order valence-electron chi connectivity index (χ4n) is 0.931. The maximum atomic E-state index is 12.5. The van der Waals surface area contributed by atoms with E-state index in [1.807, 2.05) is 6.92 Å². The normalized spacial score (nSPS) is 18.0. The molecule has 0 N–H and O–H groups in total. The molecular formula is C8H17F. The Morgan fingerprint density at radius 1 is 1.11 bits per heavy atom. The van der Waals surface area contributed by atoms with Crippen molar-refractivity contribution in [2.24, 2.45) is 11.8 Å². The highest BCUT2D eigenvalue weighted by atomic mass is 18.2. The van der Waals surface area contributed by atoms with Crippen LogP contribution in [0.15, 0.2) is 0 Å². The third-order valence-corrected chi connectivity index (χ3v) is 1.63. The Labute approximate surface area is 57.5 Å². The van der Waals surface area contributed by atoms with Crippen LogP contribution in [0.2, 0.25) is 0 Å². The van der Waals surface area contributed by atoms with Gasteiger partial charge in [0.25, 0.3) is 0 Å². The summed E-state index contributed by atoms with van der Waals surface area (Å²) >= 11 is 0. The van der Waals surface area contributed by atoms with Crippen molar-refractivity contribution in [3.8, 4) is 0 Å². The van der Waals surface area contributed by atoms with E-state index in [2.05, 4.69) is 13.8 Å². The molecule has 0 rings (SSSR count). The molecule has 0 aromatic heterocycles. The maximum absolute atomic E-state index is 12.5. The van der Waals surface area contributed by atoms with Crippen molar-refractivity contribution >= 4 is 0 Å². The molecular weight excluding hydrogens is 114 g/mol.